The highest BCUT2D eigenvalue weighted by atomic mass is 28.3. The smallest absolute Gasteiger partial charge is 0.129 e. The minimum Gasteiger partial charge on any atom is -0.131 e. The molecule has 0 aliphatic heterocycles. The summed E-state index contributed by atoms with van der Waals surface area (Å²) in [6.07, 6.45) is 0. The molecular formula is C20H40Si4. The van der Waals surface area contributed by atoms with E-state index in [2.05, 4.69) is 107 Å². The van der Waals surface area contributed by atoms with Gasteiger partial charge in [-0.05, 0) is 6.04 Å². The Hall–Kier alpha value is -0.272. The first-order chi connectivity index (χ1) is 10.4. The maximum absolute atomic E-state index is 3.69. The zero-order valence-electron chi connectivity index (χ0n) is 18.4. The maximum atomic E-state index is 3.69. The van der Waals surface area contributed by atoms with E-state index in [1.165, 1.54) is 11.6 Å². The van der Waals surface area contributed by atoms with Gasteiger partial charge in [0, 0.05) is 19.6 Å². The van der Waals surface area contributed by atoms with Gasteiger partial charge in [-0.25, -0.2) is 0 Å². The van der Waals surface area contributed by atoms with Crippen LogP contribution in [0.2, 0.25) is 84.6 Å². The van der Waals surface area contributed by atoms with Crippen LogP contribution in [-0.4, -0.2) is 32.3 Å². The topological polar surface area (TPSA) is 0 Å². The van der Waals surface area contributed by atoms with Crippen molar-refractivity contribution in [2.45, 2.75) is 84.6 Å². The fourth-order valence-electron chi connectivity index (χ4n) is 2.10. The molecule has 1 unspecified atom stereocenters. The van der Waals surface area contributed by atoms with Crippen LogP contribution in [0.1, 0.15) is 0 Å². The molecule has 0 radical (unpaired) electrons. The van der Waals surface area contributed by atoms with E-state index in [9.17, 15) is 0 Å². The average molecular weight is 393 g/mol. The molecule has 0 aliphatic carbocycles. The van der Waals surface area contributed by atoms with Crippen LogP contribution in [-0.2, 0) is 0 Å². The van der Waals surface area contributed by atoms with E-state index in [1.54, 1.807) is 0 Å². The molecular weight excluding hydrogens is 353 g/mol. The summed E-state index contributed by atoms with van der Waals surface area (Å²) in [5.41, 5.74) is 11.1. The summed E-state index contributed by atoms with van der Waals surface area (Å²) in [6.45, 7) is 28.6. The summed E-state index contributed by atoms with van der Waals surface area (Å²) >= 11 is 0. The van der Waals surface area contributed by atoms with Crippen LogP contribution in [0.3, 0.4) is 0 Å². The Bertz CT molecular complexity index is 565. The zero-order chi connectivity index (χ0) is 19.4. The average Bonchev–Trinajstić information content (AvgIpc) is 2.25. The van der Waals surface area contributed by atoms with Gasteiger partial charge in [-0.1, -0.05) is 90.2 Å². The molecule has 0 aliphatic rings. The number of hydrogen-bond acceptors (Lipinski definition) is 0. The molecule has 4 heteroatoms. The van der Waals surface area contributed by atoms with Crippen LogP contribution in [0.4, 0.5) is 0 Å². The van der Waals surface area contributed by atoms with Gasteiger partial charge in [0.2, 0.25) is 0 Å². The van der Waals surface area contributed by atoms with Crippen molar-refractivity contribution in [1.29, 1.82) is 0 Å². The minimum absolute atomic E-state index is 0.346. The van der Waals surface area contributed by atoms with Gasteiger partial charge in [0.05, 0.1) is 8.07 Å². The molecule has 0 aromatic heterocycles. The van der Waals surface area contributed by atoms with E-state index in [0.29, 0.717) is 5.92 Å². The van der Waals surface area contributed by atoms with Crippen LogP contribution in [0.25, 0.3) is 0 Å². The Kier molecular flexibility index (Phi) is 8.31. The lowest BCUT2D eigenvalue weighted by Gasteiger charge is -2.23. The van der Waals surface area contributed by atoms with Crippen molar-refractivity contribution in [3.05, 3.63) is 11.3 Å². The van der Waals surface area contributed by atoms with Crippen molar-refractivity contribution < 1.29 is 0 Å². The van der Waals surface area contributed by atoms with Crippen molar-refractivity contribution in [3.8, 4) is 22.9 Å². The van der Waals surface area contributed by atoms with Crippen molar-refractivity contribution >= 4 is 32.3 Å². The van der Waals surface area contributed by atoms with E-state index in [-0.39, 0.29) is 0 Å². The summed E-state index contributed by atoms with van der Waals surface area (Å²) in [7, 11) is -5.25. The molecule has 0 fully saturated rings. The molecule has 0 nitrogen and oxygen atoms in total. The standard InChI is InChI=1S/C20H40Si4/c1-21(2,3)15-13-19(17-23(7,8)9)20(18-24(10,11)12)14-16-22(4,5)6/h17,20H,18H2,1-12H3/b19-17+. The second-order valence-corrected chi connectivity index (χ2v) is 31.4. The molecule has 136 valence electrons. The lowest BCUT2D eigenvalue weighted by molar-refractivity contribution is 0.910. The highest BCUT2D eigenvalue weighted by Gasteiger charge is 2.24. The molecule has 1 atom stereocenters. The van der Waals surface area contributed by atoms with Crippen molar-refractivity contribution in [3.63, 3.8) is 0 Å². The van der Waals surface area contributed by atoms with Crippen molar-refractivity contribution in [2.75, 3.05) is 0 Å². The van der Waals surface area contributed by atoms with Gasteiger partial charge < -0.3 is 0 Å². The van der Waals surface area contributed by atoms with Gasteiger partial charge in [0.25, 0.3) is 0 Å². The van der Waals surface area contributed by atoms with E-state index >= 15 is 0 Å². The molecule has 0 aromatic carbocycles. The van der Waals surface area contributed by atoms with Gasteiger partial charge in [-0.2, -0.15) is 0 Å². The molecule has 0 heterocycles. The third kappa shape index (κ3) is 14.1. The molecule has 0 bridgehead atoms. The van der Waals surface area contributed by atoms with Crippen LogP contribution in [0.15, 0.2) is 11.3 Å². The van der Waals surface area contributed by atoms with E-state index in [0.717, 1.165) is 0 Å². The second-order valence-electron chi connectivity index (χ2n) is 11.3. The first-order valence-corrected chi connectivity index (χ1v) is 23.5. The number of rotatable bonds is 4. The first-order valence-electron chi connectivity index (χ1n) is 9.17. The fourth-order valence-corrected chi connectivity index (χ4v) is 5.98. The summed E-state index contributed by atoms with van der Waals surface area (Å²) in [5.74, 6) is 7.65. The van der Waals surface area contributed by atoms with Crippen LogP contribution in [0, 0.1) is 28.8 Å². The summed E-state index contributed by atoms with van der Waals surface area (Å²) in [5, 5.41) is 0. The molecule has 0 saturated heterocycles. The SMILES string of the molecule is C[Si](C)(C)C#C/C(=C\[Si](C)(C)C)C(C#C[Si](C)(C)C)C[Si](C)(C)C. The Labute approximate surface area is 157 Å². The Morgan fingerprint density at radius 2 is 1.21 bits per heavy atom. The lowest BCUT2D eigenvalue weighted by atomic mass is 10.0. The third-order valence-corrected chi connectivity index (χ3v) is 7.56. The molecule has 0 spiro atoms. The highest BCUT2D eigenvalue weighted by molar-refractivity contribution is 6.84. The van der Waals surface area contributed by atoms with Gasteiger partial charge in [0.15, 0.2) is 0 Å². The Balaban J connectivity index is 6.10. The predicted octanol–water partition coefficient (Wildman–Crippen LogP) is 6.51. The predicted molar refractivity (Wildman–Crippen MR) is 125 cm³/mol. The van der Waals surface area contributed by atoms with E-state index in [1.807, 2.05) is 0 Å². The number of allylic oxidation sites excluding steroid dienone is 1. The third-order valence-electron chi connectivity index (χ3n) is 2.98. The van der Waals surface area contributed by atoms with Crippen molar-refractivity contribution in [1.82, 2.24) is 0 Å². The monoisotopic (exact) mass is 392 g/mol. The Morgan fingerprint density at radius 1 is 0.750 bits per heavy atom. The van der Waals surface area contributed by atoms with Crippen LogP contribution in [0.5, 0.6) is 0 Å². The molecule has 0 rings (SSSR count). The molecule has 0 aromatic rings. The van der Waals surface area contributed by atoms with E-state index < -0.39 is 32.3 Å². The van der Waals surface area contributed by atoms with E-state index in [4.69, 9.17) is 0 Å². The van der Waals surface area contributed by atoms with Gasteiger partial charge in [0.1, 0.15) is 16.1 Å². The quantitative estimate of drug-likeness (QED) is 0.378. The van der Waals surface area contributed by atoms with Gasteiger partial charge in [-0.3, -0.25) is 0 Å². The van der Waals surface area contributed by atoms with Gasteiger partial charge >= 0.3 is 0 Å². The minimum atomic E-state index is -1.37. The molecule has 0 amide bonds. The van der Waals surface area contributed by atoms with Crippen LogP contribution < -0.4 is 0 Å². The molecule has 0 N–H and O–H groups in total. The maximum Gasteiger partial charge on any atom is 0.129 e. The first kappa shape index (κ1) is 23.7. The van der Waals surface area contributed by atoms with Gasteiger partial charge in [-0.15, -0.1) is 17.0 Å². The molecule has 0 saturated carbocycles. The summed E-state index contributed by atoms with van der Waals surface area (Å²) in [6, 6.07) is 1.22. The highest BCUT2D eigenvalue weighted by Crippen LogP contribution is 2.25. The second kappa shape index (κ2) is 8.41. The fraction of sp³-hybridized carbons (Fsp3) is 0.700. The zero-order valence-corrected chi connectivity index (χ0v) is 22.4. The molecule has 24 heavy (non-hydrogen) atoms. The largest absolute Gasteiger partial charge is 0.131 e. The summed E-state index contributed by atoms with van der Waals surface area (Å²) in [4.78, 5) is 0. The normalized spacial score (nSPS) is 15.1. The summed E-state index contributed by atoms with van der Waals surface area (Å²) < 4.78 is 0. The van der Waals surface area contributed by atoms with Crippen molar-refractivity contribution in [2.24, 2.45) is 5.92 Å². The Morgan fingerprint density at radius 3 is 1.54 bits per heavy atom. The number of hydrogen-bond donors (Lipinski definition) is 0. The lowest BCUT2D eigenvalue weighted by Crippen LogP contribution is -2.27. The van der Waals surface area contributed by atoms with Crippen LogP contribution >= 0.6 is 0 Å².